The van der Waals surface area contributed by atoms with Gasteiger partial charge in [0.1, 0.15) is 18.1 Å². The lowest BCUT2D eigenvalue weighted by Crippen LogP contribution is -2.01. The second-order valence-corrected chi connectivity index (χ2v) is 3.37. The van der Waals surface area contributed by atoms with E-state index in [4.69, 9.17) is 5.11 Å². The van der Waals surface area contributed by atoms with Crippen molar-refractivity contribution in [3.05, 3.63) is 23.3 Å². The van der Waals surface area contributed by atoms with Crippen molar-refractivity contribution in [1.82, 2.24) is 9.97 Å². The summed E-state index contributed by atoms with van der Waals surface area (Å²) in [5.74, 6) is 6.45. The third-order valence-electron chi connectivity index (χ3n) is 1.68. The Labute approximate surface area is 84.2 Å². The van der Waals surface area contributed by atoms with E-state index in [2.05, 4.69) is 21.8 Å². The predicted octanol–water partition coefficient (Wildman–Crippen LogP) is 1.25. The molecule has 74 valence electrons. The Kier molecular flexibility index (Phi) is 3.61. The highest BCUT2D eigenvalue weighted by molar-refractivity contribution is 5.29. The molecule has 0 radical (unpaired) electrons. The number of aliphatic hydroxyl groups is 1. The summed E-state index contributed by atoms with van der Waals surface area (Å²) in [5, 5.41) is 8.56. The van der Waals surface area contributed by atoms with E-state index < -0.39 is 0 Å². The molecule has 0 saturated carbocycles. The largest absolute Gasteiger partial charge is 0.384 e. The molecule has 0 bridgehead atoms. The van der Waals surface area contributed by atoms with Crippen LogP contribution in [-0.2, 0) is 0 Å². The van der Waals surface area contributed by atoms with E-state index >= 15 is 0 Å². The topological polar surface area (TPSA) is 46.0 Å². The van der Waals surface area contributed by atoms with Crippen LogP contribution in [0.15, 0.2) is 6.07 Å². The van der Waals surface area contributed by atoms with Gasteiger partial charge in [0.25, 0.3) is 0 Å². The van der Waals surface area contributed by atoms with Crippen molar-refractivity contribution in [3.8, 4) is 11.8 Å². The molecule has 0 aromatic carbocycles. The quantitative estimate of drug-likeness (QED) is 0.678. The van der Waals surface area contributed by atoms with Crippen molar-refractivity contribution in [2.24, 2.45) is 0 Å². The first-order chi connectivity index (χ1) is 6.63. The summed E-state index contributed by atoms with van der Waals surface area (Å²) >= 11 is 0. The lowest BCUT2D eigenvalue weighted by atomic mass is 10.2. The molecule has 0 fully saturated rings. The Bertz CT molecular complexity index is 375. The monoisotopic (exact) mass is 190 g/mol. The fourth-order valence-corrected chi connectivity index (χ4v) is 1.04. The van der Waals surface area contributed by atoms with E-state index in [-0.39, 0.29) is 6.61 Å². The molecule has 1 heterocycles. The first-order valence-electron chi connectivity index (χ1n) is 4.58. The van der Waals surface area contributed by atoms with Gasteiger partial charge in [-0.2, -0.15) is 0 Å². The molecule has 0 spiro atoms. The van der Waals surface area contributed by atoms with Crippen LogP contribution in [0.4, 0.5) is 0 Å². The van der Waals surface area contributed by atoms with E-state index in [1.54, 1.807) is 0 Å². The van der Waals surface area contributed by atoms with Gasteiger partial charge in [-0.25, -0.2) is 9.97 Å². The van der Waals surface area contributed by atoms with Crippen LogP contribution in [0.2, 0.25) is 0 Å². The van der Waals surface area contributed by atoms with Crippen LogP contribution in [0.1, 0.15) is 37.0 Å². The minimum Gasteiger partial charge on any atom is -0.384 e. The maximum atomic E-state index is 8.56. The van der Waals surface area contributed by atoms with Crippen LogP contribution in [-0.4, -0.2) is 21.7 Å². The fourth-order valence-electron chi connectivity index (χ4n) is 1.04. The lowest BCUT2D eigenvalue weighted by Gasteiger charge is -2.04. The summed E-state index contributed by atoms with van der Waals surface area (Å²) in [7, 11) is 0. The Morgan fingerprint density at radius 2 is 2.14 bits per heavy atom. The zero-order valence-electron chi connectivity index (χ0n) is 8.70. The Hall–Kier alpha value is -1.40. The van der Waals surface area contributed by atoms with Crippen LogP contribution in [0.3, 0.4) is 0 Å². The zero-order chi connectivity index (χ0) is 10.6. The van der Waals surface area contributed by atoms with E-state index in [0.29, 0.717) is 11.6 Å². The summed E-state index contributed by atoms with van der Waals surface area (Å²) in [6.45, 7) is 5.85. The van der Waals surface area contributed by atoms with E-state index in [1.165, 1.54) is 0 Å². The Morgan fingerprint density at radius 3 is 2.71 bits per heavy atom. The van der Waals surface area contributed by atoms with E-state index in [9.17, 15) is 0 Å². The lowest BCUT2D eigenvalue weighted by molar-refractivity contribution is 0.350. The van der Waals surface area contributed by atoms with Crippen LogP contribution in [0, 0.1) is 18.8 Å². The molecule has 1 rings (SSSR count). The van der Waals surface area contributed by atoms with Crippen LogP contribution < -0.4 is 0 Å². The summed E-state index contributed by atoms with van der Waals surface area (Å²) in [6, 6.07) is 1.81. The predicted molar refractivity (Wildman–Crippen MR) is 54.8 cm³/mol. The smallest absolute Gasteiger partial charge is 0.132 e. The average molecular weight is 190 g/mol. The summed E-state index contributed by atoms with van der Waals surface area (Å²) in [4.78, 5) is 8.57. The highest BCUT2D eigenvalue weighted by Gasteiger charge is 2.04. The van der Waals surface area contributed by atoms with Crippen LogP contribution in [0.5, 0.6) is 0 Å². The number of rotatable bonds is 1. The van der Waals surface area contributed by atoms with Gasteiger partial charge in [0.2, 0.25) is 0 Å². The minimum atomic E-state index is -0.139. The number of aliphatic hydroxyl groups excluding tert-OH is 1. The number of hydrogen-bond acceptors (Lipinski definition) is 3. The number of aromatic nitrogens is 2. The van der Waals surface area contributed by atoms with Gasteiger partial charge in [0.05, 0.1) is 0 Å². The molecule has 3 heteroatoms. The first kappa shape index (κ1) is 10.7. The number of nitrogens with zero attached hydrogens (tertiary/aromatic N) is 2. The first-order valence-corrected chi connectivity index (χ1v) is 4.58. The summed E-state index contributed by atoms with van der Waals surface area (Å²) in [5.41, 5.74) is 1.58. The normalized spacial score (nSPS) is 9.79. The molecule has 1 N–H and O–H groups in total. The summed E-state index contributed by atoms with van der Waals surface area (Å²) < 4.78 is 0. The van der Waals surface area contributed by atoms with Crippen molar-refractivity contribution in [1.29, 1.82) is 0 Å². The second kappa shape index (κ2) is 4.73. The average Bonchev–Trinajstić information content (AvgIpc) is 2.14. The maximum absolute atomic E-state index is 8.56. The fraction of sp³-hybridized carbons (Fsp3) is 0.455. The molecular weight excluding hydrogens is 176 g/mol. The van der Waals surface area contributed by atoms with Crippen molar-refractivity contribution in [3.63, 3.8) is 0 Å². The zero-order valence-corrected chi connectivity index (χ0v) is 8.70. The van der Waals surface area contributed by atoms with Gasteiger partial charge >= 0.3 is 0 Å². The molecule has 1 aromatic heterocycles. The van der Waals surface area contributed by atoms with Crippen molar-refractivity contribution in [2.45, 2.75) is 26.7 Å². The molecule has 0 aliphatic heterocycles. The molecule has 0 aliphatic carbocycles. The van der Waals surface area contributed by atoms with Gasteiger partial charge in [-0.1, -0.05) is 19.8 Å². The molecule has 1 aromatic rings. The Morgan fingerprint density at radius 1 is 1.43 bits per heavy atom. The van der Waals surface area contributed by atoms with Gasteiger partial charge in [-0.15, -0.1) is 0 Å². The molecule has 14 heavy (non-hydrogen) atoms. The maximum Gasteiger partial charge on any atom is 0.132 e. The third kappa shape index (κ3) is 2.82. The second-order valence-electron chi connectivity index (χ2n) is 3.37. The van der Waals surface area contributed by atoms with Gasteiger partial charge in [-0.3, -0.25) is 0 Å². The van der Waals surface area contributed by atoms with E-state index in [1.807, 2.05) is 26.8 Å². The Balaban J connectivity index is 3.07. The third-order valence-corrected chi connectivity index (χ3v) is 1.68. The van der Waals surface area contributed by atoms with Crippen molar-refractivity contribution < 1.29 is 5.11 Å². The standard InChI is InChI=1S/C11H14N2O/c1-8(2)11-12-9(3)7-10(13-11)5-4-6-14/h7-8,14H,6H2,1-3H3. The van der Waals surface area contributed by atoms with E-state index in [0.717, 1.165) is 11.5 Å². The molecule has 0 saturated heterocycles. The van der Waals surface area contributed by atoms with Gasteiger partial charge in [0, 0.05) is 11.6 Å². The SMILES string of the molecule is Cc1cc(C#CCO)nc(C(C)C)n1. The molecule has 0 amide bonds. The summed E-state index contributed by atoms with van der Waals surface area (Å²) in [6.07, 6.45) is 0. The molecule has 0 aliphatic rings. The van der Waals surface area contributed by atoms with Crippen molar-refractivity contribution in [2.75, 3.05) is 6.61 Å². The highest BCUT2D eigenvalue weighted by Crippen LogP contribution is 2.09. The highest BCUT2D eigenvalue weighted by atomic mass is 16.2. The molecular formula is C11H14N2O. The number of aryl methyl sites for hydroxylation is 1. The molecule has 0 unspecified atom stereocenters. The van der Waals surface area contributed by atoms with Crippen molar-refractivity contribution >= 4 is 0 Å². The van der Waals surface area contributed by atoms with Gasteiger partial charge < -0.3 is 5.11 Å². The molecule has 0 atom stereocenters. The van der Waals surface area contributed by atoms with Crippen LogP contribution in [0.25, 0.3) is 0 Å². The van der Waals surface area contributed by atoms with Crippen LogP contribution >= 0.6 is 0 Å². The van der Waals surface area contributed by atoms with Gasteiger partial charge in [0.15, 0.2) is 0 Å². The number of hydrogen-bond donors (Lipinski definition) is 1. The minimum absolute atomic E-state index is 0.139. The van der Waals surface area contributed by atoms with Gasteiger partial charge in [-0.05, 0) is 18.9 Å². The molecule has 3 nitrogen and oxygen atoms in total.